The predicted molar refractivity (Wildman–Crippen MR) is 165 cm³/mol. The number of rotatable bonds is 5. The molecule has 0 radical (unpaired) electrons. The van der Waals surface area contributed by atoms with Gasteiger partial charge < -0.3 is 0 Å². The van der Waals surface area contributed by atoms with Crippen molar-refractivity contribution in [2.24, 2.45) is 0 Å². The first-order valence-electron chi connectivity index (χ1n) is 13.3. The fraction of sp³-hybridized carbons (Fsp3) is 0.0270. The molecule has 0 saturated heterocycles. The van der Waals surface area contributed by atoms with Gasteiger partial charge in [-0.15, -0.1) is 0 Å². The molecule has 6 aromatic rings. The third-order valence-electron chi connectivity index (χ3n) is 8.13. The minimum absolute atomic E-state index is 0.196. The molecule has 182 valence electrons. The third-order valence-corrected chi connectivity index (χ3v) is 13.0. The summed E-state index contributed by atoms with van der Waals surface area (Å²) in [5, 5.41) is 5.68. The van der Waals surface area contributed by atoms with E-state index in [1.165, 1.54) is 49.0 Å². The van der Waals surface area contributed by atoms with E-state index in [9.17, 15) is 0 Å². The molecule has 0 atom stereocenters. The quantitative estimate of drug-likeness (QED) is 0.218. The van der Waals surface area contributed by atoms with Crippen LogP contribution in [0.5, 0.6) is 0 Å². The molecular formula is C37H29P. The van der Waals surface area contributed by atoms with Crippen molar-refractivity contribution in [3.8, 4) is 11.1 Å². The summed E-state index contributed by atoms with van der Waals surface area (Å²) in [5.41, 5.74) is 6.92. The third kappa shape index (κ3) is 3.49. The summed E-state index contributed by atoms with van der Waals surface area (Å²) >= 11 is 0. The van der Waals surface area contributed by atoms with Crippen LogP contribution in [0.1, 0.15) is 22.6 Å². The molecule has 38 heavy (non-hydrogen) atoms. The summed E-state index contributed by atoms with van der Waals surface area (Å²) < 4.78 is 0. The fourth-order valence-electron chi connectivity index (χ4n) is 6.61. The van der Waals surface area contributed by atoms with Gasteiger partial charge in [0.15, 0.2) is 0 Å². The SMILES string of the molecule is c1ccc([PH](c2ccccc2)(c2ccccc2)c2ccccc2C2c3ccccc3-c3ccccc32)cc1. The van der Waals surface area contributed by atoms with Crippen molar-refractivity contribution < 1.29 is 0 Å². The molecule has 7 rings (SSSR count). The monoisotopic (exact) mass is 504 g/mol. The molecule has 0 nitrogen and oxygen atoms in total. The molecule has 0 unspecified atom stereocenters. The Morgan fingerprint density at radius 1 is 0.316 bits per heavy atom. The zero-order chi connectivity index (χ0) is 25.4. The minimum atomic E-state index is -2.65. The van der Waals surface area contributed by atoms with E-state index in [1.807, 2.05) is 0 Å². The van der Waals surface area contributed by atoms with Gasteiger partial charge in [-0.1, -0.05) is 0 Å². The molecule has 0 N–H and O–H groups in total. The van der Waals surface area contributed by atoms with E-state index in [1.54, 1.807) is 0 Å². The molecule has 1 heteroatoms. The Morgan fingerprint density at radius 2 is 0.658 bits per heavy atom. The van der Waals surface area contributed by atoms with Crippen molar-refractivity contribution in [2.75, 3.05) is 0 Å². The van der Waals surface area contributed by atoms with Gasteiger partial charge in [-0.2, -0.15) is 0 Å². The van der Waals surface area contributed by atoms with Crippen LogP contribution >= 0.6 is 7.26 Å². The number of hydrogen-bond acceptors (Lipinski definition) is 0. The van der Waals surface area contributed by atoms with Gasteiger partial charge in [0.25, 0.3) is 0 Å². The van der Waals surface area contributed by atoms with Crippen LogP contribution in [0.2, 0.25) is 0 Å². The molecule has 0 fully saturated rings. The Balaban J connectivity index is 1.60. The summed E-state index contributed by atoms with van der Waals surface area (Å²) in [7, 11) is -2.65. The van der Waals surface area contributed by atoms with Gasteiger partial charge in [0.1, 0.15) is 0 Å². The van der Waals surface area contributed by atoms with Crippen molar-refractivity contribution in [3.63, 3.8) is 0 Å². The van der Waals surface area contributed by atoms with Gasteiger partial charge in [0, 0.05) is 0 Å². The Labute approximate surface area is 225 Å². The topological polar surface area (TPSA) is 0 Å². The van der Waals surface area contributed by atoms with E-state index in [0.717, 1.165) is 0 Å². The van der Waals surface area contributed by atoms with Crippen LogP contribution in [0.3, 0.4) is 0 Å². The van der Waals surface area contributed by atoms with Crippen molar-refractivity contribution >= 4 is 28.5 Å². The van der Waals surface area contributed by atoms with E-state index in [-0.39, 0.29) is 5.92 Å². The summed E-state index contributed by atoms with van der Waals surface area (Å²) in [6.07, 6.45) is 0. The van der Waals surface area contributed by atoms with Crippen LogP contribution in [0.15, 0.2) is 164 Å². The van der Waals surface area contributed by atoms with Gasteiger partial charge in [0.2, 0.25) is 0 Å². The van der Waals surface area contributed by atoms with Crippen LogP contribution in [0, 0.1) is 0 Å². The number of fused-ring (bicyclic) bond motifs is 3. The maximum atomic E-state index is 2.41. The molecule has 1 aliphatic rings. The maximum absolute atomic E-state index is 2.65. The standard InChI is InChI=1S/C37H29P/c1-4-16-28(17-5-1)38(29-18-6-2-7-19-29,30-20-8-3-9-21-30)36-27-15-14-26-35(36)37-33-24-12-10-22-31(33)32-23-11-13-25-34(32)37/h1-27,37-38H. The van der Waals surface area contributed by atoms with E-state index >= 15 is 0 Å². The Bertz CT molecular complexity index is 1560. The molecule has 0 aromatic heterocycles. The second-order valence-corrected chi connectivity index (χ2v) is 13.8. The average molecular weight is 505 g/mol. The van der Waals surface area contributed by atoms with E-state index in [2.05, 4.69) is 164 Å². The molecule has 0 amide bonds. The van der Waals surface area contributed by atoms with Crippen LogP contribution in [-0.4, -0.2) is 0 Å². The first-order chi connectivity index (χ1) is 18.9. The molecule has 0 bridgehead atoms. The molecule has 0 spiro atoms. The first kappa shape index (κ1) is 22.9. The molecular weight excluding hydrogens is 475 g/mol. The van der Waals surface area contributed by atoms with Crippen LogP contribution in [0.25, 0.3) is 11.1 Å². The van der Waals surface area contributed by atoms with Gasteiger partial charge in [-0.3, -0.25) is 0 Å². The summed E-state index contributed by atoms with van der Waals surface area (Å²) in [6.45, 7) is 0. The molecule has 0 aliphatic heterocycles. The second kappa shape index (κ2) is 9.56. The summed E-state index contributed by atoms with van der Waals surface area (Å²) in [6, 6.07) is 60.9. The van der Waals surface area contributed by atoms with Crippen molar-refractivity contribution in [3.05, 3.63) is 180 Å². The number of benzene rings is 6. The normalized spacial score (nSPS) is 13.1. The van der Waals surface area contributed by atoms with Crippen LogP contribution < -0.4 is 21.2 Å². The van der Waals surface area contributed by atoms with Crippen molar-refractivity contribution in [1.29, 1.82) is 0 Å². The van der Waals surface area contributed by atoms with Crippen molar-refractivity contribution in [1.82, 2.24) is 0 Å². The van der Waals surface area contributed by atoms with E-state index in [4.69, 9.17) is 0 Å². The van der Waals surface area contributed by atoms with Gasteiger partial charge in [0.05, 0.1) is 0 Å². The summed E-state index contributed by atoms with van der Waals surface area (Å²) in [5.74, 6) is 0.196. The predicted octanol–water partition coefficient (Wildman–Crippen LogP) is 7.20. The molecule has 0 saturated carbocycles. The van der Waals surface area contributed by atoms with Gasteiger partial charge in [-0.25, -0.2) is 0 Å². The summed E-state index contributed by atoms with van der Waals surface area (Å²) in [4.78, 5) is 0. The van der Waals surface area contributed by atoms with Gasteiger partial charge >= 0.3 is 226 Å². The Kier molecular flexibility index (Phi) is 5.77. The zero-order valence-corrected chi connectivity index (χ0v) is 22.2. The zero-order valence-electron chi connectivity index (χ0n) is 21.2. The average Bonchev–Trinajstić information content (AvgIpc) is 3.34. The Hall–Kier alpha value is -4.25. The van der Waals surface area contributed by atoms with Crippen molar-refractivity contribution in [2.45, 2.75) is 5.92 Å². The van der Waals surface area contributed by atoms with Crippen LogP contribution in [-0.2, 0) is 0 Å². The van der Waals surface area contributed by atoms with E-state index in [0.29, 0.717) is 0 Å². The first-order valence-corrected chi connectivity index (χ1v) is 15.3. The second-order valence-electron chi connectivity index (χ2n) is 10.0. The van der Waals surface area contributed by atoms with Crippen LogP contribution in [0.4, 0.5) is 0 Å². The molecule has 0 heterocycles. The fourth-order valence-corrected chi connectivity index (χ4v) is 11.6. The Morgan fingerprint density at radius 3 is 1.11 bits per heavy atom. The van der Waals surface area contributed by atoms with E-state index < -0.39 is 7.26 Å². The molecule has 1 aliphatic carbocycles. The molecule has 6 aromatic carbocycles. The number of hydrogen-bond donors (Lipinski definition) is 0. The van der Waals surface area contributed by atoms with Gasteiger partial charge in [-0.05, 0) is 0 Å².